The fraction of sp³-hybridized carbons (Fsp3) is 0.400. The minimum atomic E-state index is -0.539. The Labute approximate surface area is 186 Å². The average Bonchev–Trinajstić information content (AvgIpc) is 2.52. The molecule has 2 aromatic rings. The number of pyridine rings is 2. The molecule has 8 heteroatoms. The number of aryl methyl sites for hydroxylation is 1. The lowest BCUT2D eigenvalue weighted by atomic mass is 9.97. The van der Waals surface area contributed by atoms with Crippen molar-refractivity contribution in [2.45, 2.75) is 51.6 Å². The van der Waals surface area contributed by atoms with Crippen LogP contribution in [0.3, 0.4) is 0 Å². The Balaban J connectivity index is 0.000000280. The minimum absolute atomic E-state index is 0.178. The number of nitrogens with zero attached hydrogens (tertiary/aromatic N) is 2. The van der Waals surface area contributed by atoms with Crippen LogP contribution in [0.5, 0.6) is 0 Å². The van der Waals surface area contributed by atoms with Crippen LogP contribution < -0.4 is 11.5 Å². The van der Waals surface area contributed by atoms with Crippen LogP contribution in [0.2, 0.25) is 20.6 Å². The van der Waals surface area contributed by atoms with E-state index in [1.54, 1.807) is 18.2 Å². The summed E-state index contributed by atoms with van der Waals surface area (Å²) < 4.78 is 0. The summed E-state index contributed by atoms with van der Waals surface area (Å²) in [6.45, 7) is 7.61. The van der Waals surface area contributed by atoms with Gasteiger partial charge in [0.2, 0.25) is 0 Å². The lowest BCUT2D eigenvalue weighted by molar-refractivity contribution is 0.476. The van der Waals surface area contributed by atoms with Crippen molar-refractivity contribution in [2.24, 2.45) is 11.5 Å². The van der Waals surface area contributed by atoms with Gasteiger partial charge in [-0.05, 0) is 64.3 Å². The second-order valence-corrected chi connectivity index (χ2v) is 9.01. The molecule has 28 heavy (non-hydrogen) atoms. The van der Waals surface area contributed by atoms with Gasteiger partial charge in [0.15, 0.2) is 0 Å². The molecule has 0 fully saturated rings. The van der Waals surface area contributed by atoms with Crippen molar-refractivity contribution >= 4 is 46.4 Å². The zero-order chi connectivity index (χ0) is 21.5. The number of rotatable bonds is 3. The molecule has 0 aliphatic heterocycles. The van der Waals surface area contributed by atoms with Crippen LogP contribution in [0.25, 0.3) is 0 Å². The van der Waals surface area contributed by atoms with E-state index in [4.69, 9.17) is 57.9 Å². The zero-order valence-electron chi connectivity index (χ0n) is 16.3. The van der Waals surface area contributed by atoms with Gasteiger partial charge >= 0.3 is 0 Å². The molecule has 0 saturated carbocycles. The van der Waals surface area contributed by atoms with Gasteiger partial charge < -0.3 is 11.5 Å². The Morgan fingerprint density at radius 1 is 0.857 bits per heavy atom. The summed E-state index contributed by atoms with van der Waals surface area (Å²) in [6.07, 6.45) is 1.70. The molecule has 0 atom stereocenters. The predicted molar refractivity (Wildman–Crippen MR) is 120 cm³/mol. The Morgan fingerprint density at radius 3 is 1.86 bits per heavy atom. The minimum Gasteiger partial charge on any atom is -0.326 e. The van der Waals surface area contributed by atoms with Gasteiger partial charge in [-0.2, -0.15) is 0 Å². The fourth-order valence-corrected chi connectivity index (χ4v) is 2.65. The number of halogens is 4. The van der Waals surface area contributed by atoms with Gasteiger partial charge in [0.1, 0.15) is 20.6 Å². The zero-order valence-corrected chi connectivity index (χ0v) is 19.3. The first-order chi connectivity index (χ1) is 12.8. The van der Waals surface area contributed by atoms with Crippen molar-refractivity contribution in [3.05, 3.63) is 56.0 Å². The summed E-state index contributed by atoms with van der Waals surface area (Å²) in [5.74, 6) is 5.71. The molecule has 0 amide bonds. The maximum absolute atomic E-state index is 5.92. The Bertz CT molecular complexity index is 859. The summed E-state index contributed by atoms with van der Waals surface area (Å²) in [5, 5.41) is 1.55. The Kier molecular flexibility index (Phi) is 9.49. The highest BCUT2D eigenvalue weighted by molar-refractivity contribution is 6.33. The molecule has 4 N–H and O–H groups in total. The largest absolute Gasteiger partial charge is 0.326 e. The third-order valence-corrected chi connectivity index (χ3v) is 4.30. The highest BCUT2D eigenvalue weighted by atomic mass is 35.5. The monoisotopic (exact) mass is 460 g/mol. The Hall–Kier alpha value is -1.06. The van der Waals surface area contributed by atoms with Crippen LogP contribution >= 0.6 is 46.4 Å². The fourth-order valence-electron chi connectivity index (χ4n) is 1.82. The highest BCUT2D eigenvalue weighted by Crippen LogP contribution is 2.20. The van der Waals surface area contributed by atoms with Crippen molar-refractivity contribution in [1.29, 1.82) is 0 Å². The third-order valence-electron chi connectivity index (χ3n) is 3.26. The van der Waals surface area contributed by atoms with Crippen LogP contribution in [0, 0.1) is 11.8 Å². The number of nitrogens with two attached hydrogens (primary N) is 2. The molecule has 0 aliphatic carbocycles. The van der Waals surface area contributed by atoms with Crippen LogP contribution in [0.15, 0.2) is 24.3 Å². The van der Waals surface area contributed by atoms with Crippen LogP contribution in [0.4, 0.5) is 0 Å². The topological polar surface area (TPSA) is 77.8 Å². The van der Waals surface area contributed by atoms with E-state index in [1.165, 1.54) is 0 Å². The number of aromatic nitrogens is 2. The smallest absolute Gasteiger partial charge is 0.146 e. The van der Waals surface area contributed by atoms with Crippen LogP contribution in [0.1, 0.15) is 45.2 Å². The third kappa shape index (κ3) is 10.5. The molecular weight excluding hydrogens is 438 g/mol. The highest BCUT2D eigenvalue weighted by Gasteiger charge is 2.12. The molecule has 0 saturated heterocycles. The first kappa shape index (κ1) is 25.0. The molecule has 0 aliphatic rings. The first-order valence-electron chi connectivity index (χ1n) is 8.51. The van der Waals surface area contributed by atoms with Crippen molar-refractivity contribution in [3.8, 4) is 11.8 Å². The van der Waals surface area contributed by atoms with Gasteiger partial charge in [-0.1, -0.05) is 64.3 Å². The molecule has 0 unspecified atom stereocenters. The molecular formula is C20H24Cl4N4. The van der Waals surface area contributed by atoms with Gasteiger partial charge in [0.05, 0.1) is 11.1 Å². The van der Waals surface area contributed by atoms with E-state index in [1.807, 2.05) is 33.8 Å². The second kappa shape index (κ2) is 10.6. The van der Waals surface area contributed by atoms with E-state index in [0.717, 1.165) is 18.4 Å². The lowest BCUT2D eigenvalue weighted by Gasteiger charge is -2.18. The van der Waals surface area contributed by atoms with E-state index in [2.05, 4.69) is 21.8 Å². The summed E-state index contributed by atoms with van der Waals surface area (Å²) >= 11 is 23.1. The average molecular weight is 462 g/mol. The van der Waals surface area contributed by atoms with Crippen molar-refractivity contribution in [2.75, 3.05) is 0 Å². The van der Waals surface area contributed by atoms with Gasteiger partial charge in [-0.15, -0.1) is 0 Å². The van der Waals surface area contributed by atoms with E-state index in [0.29, 0.717) is 26.2 Å². The molecule has 152 valence electrons. The molecule has 2 heterocycles. The number of hydrogen-bond acceptors (Lipinski definition) is 4. The molecule has 2 aromatic heterocycles. The van der Waals surface area contributed by atoms with Crippen molar-refractivity contribution < 1.29 is 0 Å². The van der Waals surface area contributed by atoms with E-state index in [9.17, 15) is 0 Å². The first-order valence-corrected chi connectivity index (χ1v) is 10.0. The molecule has 0 spiro atoms. The normalized spacial score (nSPS) is 11.2. The van der Waals surface area contributed by atoms with Gasteiger partial charge in [0.25, 0.3) is 0 Å². The molecule has 0 bridgehead atoms. The summed E-state index contributed by atoms with van der Waals surface area (Å²) in [5.41, 5.74) is 12.5. The summed E-state index contributed by atoms with van der Waals surface area (Å²) in [7, 11) is 0. The van der Waals surface area contributed by atoms with Gasteiger partial charge in [-0.25, -0.2) is 9.97 Å². The maximum atomic E-state index is 5.92. The van der Waals surface area contributed by atoms with Crippen molar-refractivity contribution in [1.82, 2.24) is 9.97 Å². The van der Waals surface area contributed by atoms with Gasteiger partial charge in [-0.3, -0.25) is 0 Å². The summed E-state index contributed by atoms with van der Waals surface area (Å²) in [6, 6.07) is 6.99. The summed E-state index contributed by atoms with van der Waals surface area (Å²) in [4.78, 5) is 7.83. The van der Waals surface area contributed by atoms with E-state index >= 15 is 0 Å². The molecule has 4 nitrogen and oxygen atoms in total. The van der Waals surface area contributed by atoms with Gasteiger partial charge in [0, 0.05) is 5.54 Å². The van der Waals surface area contributed by atoms with Crippen LogP contribution in [-0.4, -0.2) is 21.0 Å². The lowest BCUT2D eigenvalue weighted by Crippen LogP contribution is -2.32. The Morgan fingerprint density at radius 2 is 1.39 bits per heavy atom. The maximum Gasteiger partial charge on any atom is 0.146 e. The number of hydrogen-bond donors (Lipinski definition) is 2. The van der Waals surface area contributed by atoms with Crippen molar-refractivity contribution in [3.63, 3.8) is 0 Å². The molecule has 0 radical (unpaired) electrons. The molecule has 2 rings (SSSR count). The molecule has 0 aromatic carbocycles. The quantitative estimate of drug-likeness (QED) is 0.464. The second-order valence-electron chi connectivity index (χ2n) is 7.52. The van der Waals surface area contributed by atoms with E-state index in [-0.39, 0.29) is 5.54 Å². The standard InChI is InChI=1S/C10H14Cl2N2.C10H10Cl2N2/c2*1-10(2,13)6-5-7-3-4-8(11)14-9(7)12/h3-4H,5-6,13H2,1-2H3;3-4H,13H2,1-2H3. The van der Waals surface area contributed by atoms with Crippen LogP contribution in [-0.2, 0) is 6.42 Å². The predicted octanol–water partition coefficient (Wildman–Crippen LogP) is 5.54. The van der Waals surface area contributed by atoms with E-state index < -0.39 is 5.54 Å². The SMILES string of the molecule is CC(C)(N)C#Cc1ccc(Cl)nc1Cl.CC(C)(N)CCc1ccc(Cl)nc1Cl.